The van der Waals surface area contributed by atoms with Crippen LogP contribution in [0.3, 0.4) is 0 Å². The molecule has 0 aliphatic heterocycles. The van der Waals surface area contributed by atoms with Gasteiger partial charge in [0.05, 0.1) is 5.69 Å². The minimum absolute atomic E-state index is 0.0271. The van der Waals surface area contributed by atoms with Gasteiger partial charge in [-0.25, -0.2) is 4.39 Å². The van der Waals surface area contributed by atoms with Crippen LogP contribution in [0.5, 0.6) is 0 Å². The van der Waals surface area contributed by atoms with E-state index in [-0.39, 0.29) is 22.9 Å². The second-order valence-electron chi connectivity index (χ2n) is 5.58. The lowest BCUT2D eigenvalue weighted by molar-refractivity contribution is -0.153. The maximum absolute atomic E-state index is 13.0. The lowest BCUT2D eigenvalue weighted by Gasteiger charge is -2.20. The molecule has 0 heterocycles. The van der Waals surface area contributed by atoms with Crippen LogP contribution in [0.4, 0.5) is 10.1 Å². The minimum Gasteiger partial charge on any atom is -0.459 e. The molecule has 1 aromatic rings. The van der Waals surface area contributed by atoms with Crippen molar-refractivity contribution in [3.8, 4) is 0 Å². The molecule has 0 atom stereocenters. The molecule has 23 heavy (non-hydrogen) atoms. The third kappa shape index (κ3) is 6.92. The topological polar surface area (TPSA) is 105 Å². The van der Waals surface area contributed by atoms with Crippen molar-refractivity contribution in [2.45, 2.75) is 26.4 Å². The number of thiocarbonyl (C=S) groups is 1. The molecular weight excluding hydrogens is 323 g/mol. The fourth-order valence-corrected chi connectivity index (χ4v) is 1.57. The summed E-state index contributed by atoms with van der Waals surface area (Å²) in [5.41, 5.74) is 9.52. The zero-order chi connectivity index (χ0) is 17.6. The van der Waals surface area contributed by atoms with Gasteiger partial charge in [0.1, 0.15) is 18.0 Å². The number of nitrogens with one attached hydrogen (secondary N) is 3. The van der Waals surface area contributed by atoms with E-state index in [0.717, 1.165) is 6.07 Å². The first kappa shape index (κ1) is 18.6. The van der Waals surface area contributed by atoms with Gasteiger partial charge in [-0.15, -0.1) is 0 Å². The molecule has 0 aromatic heterocycles. The van der Waals surface area contributed by atoms with Gasteiger partial charge in [0.2, 0.25) is 0 Å². The van der Waals surface area contributed by atoms with E-state index < -0.39 is 23.3 Å². The van der Waals surface area contributed by atoms with Crippen molar-refractivity contribution >= 4 is 34.9 Å². The first-order valence-electron chi connectivity index (χ1n) is 6.69. The Morgan fingerprint density at radius 3 is 2.52 bits per heavy atom. The number of benzene rings is 1. The van der Waals surface area contributed by atoms with Crippen LogP contribution in [0.25, 0.3) is 0 Å². The van der Waals surface area contributed by atoms with E-state index >= 15 is 0 Å². The summed E-state index contributed by atoms with van der Waals surface area (Å²) in [6.07, 6.45) is 0. The van der Waals surface area contributed by atoms with Crippen molar-refractivity contribution in [2.75, 3.05) is 12.3 Å². The number of esters is 1. The van der Waals surface area contributed by atoms with Crippen LogP contribution in [-0.2, 0) is 9.53 Å². The first-order valence-corrected chi connectivity index (χ1v) is 7.10. The molecule has 1 rings (SSSR count). The van der Waals surface area contributed by atoms with Gasteiger partial charge < -0.3 is 15.8 Å². The molecule has 0 unspecified atom stereocenters. The van der Waals surface area contributed by atoms with Crippen molar-refractivity contribution in [1.82, 2.24) is 16.2 Å². The van der Waals surface area contributed by atoms with Gasteiger partial charge in [-0.1, -0.05) is 0 Å². The van der Waals surface area contributed by atoms with Crippen LogP contribution in [0.1, 0.15) is 31.1 Å². The highest BCUT2D eigenvalue weighted by Crippen LogP contribution is 2.11. The van der Waals surface area contributed by atoms with Crippen LogP contribution in [0.15, 0.2) is 18.2 Å². The SMILES string of the molecule is CC(C)(C)OC(=O)CNC(=S)NNC(=O)c1ccc(F)c(N)c1. The van der Waals surface area contributed by atoms with Gasteiger partial charge in [-0.2, -0.15) is 0 Å². The standard InChI is InChI=1S/C14H19FN4O3S/c1-14(2,3)22-11(20)7-17-13(23)19-18-12(21)8-4-5-9(15)10(16)6-8/h4-6H,7,16H2,1-3H3,(H,18,21)(H2,17,19,23). The smallest absolute Gasteiger partial charge is 0.325 e. The molecule has 0 fully saturated rings. The zero-order valence-corrected chi connectivity index (χ0v) is 13.8. The molecule has 0 saturated carbocycles. The Morgan fingerprint density at radius 1 is 1.30 bits per heavy atom. The maximum Gasteiger partial charge on any atom is 0.325 e. The van der Waals surface area contributed by atoms with Gasteiger partial charge in [0, 0.05) is 5.56 Å². The number of carbonyl (C=O) groups excluding carboxylic acids is 2. The van der Waals surface area contributed by atoms with Gasteiger partial charge in [-0.05, 0) is 51.2 Å². The summed E-state index contributed by atoms with van der Waals surface area (Å²) in [7, 11) is 0. The van der Waals surface area contributed by atoms with Crippen LogP contribution >= 0.6 is 12.2 Å². The molecule has 0 radical (unpaired) electrons. The van der Waals surface area contributed by atoms with E-state index in [4.69, 9.17) is 22.7 Å². The number of halogens is 1. The molecule has 1 aromatic carbocycles. The van der Waals surface area contributed by atoms with E-state index in [9.17, 15) is 14.0 Å². The predicted octanol–water partition coefficient (Wildman–Crippen LogP) is 0.858. The Hall–Kier alpha value is -2.42. The van der Waals surface area contributed by atoms with Crippen molar-refractivity contribution in [2.24, 2.45) is 0 Å². The molecule has 0 saturated heterocycles. The second-order valence-corrected chi connectivity index (χ2v) is 5.99. The number of hydrogen-bond donors (Lipinski definition) is 4. The molecule has 126 valence electrons. The van der Waals surface area contributed by atoms with Gasteiger partial charge in [0.15, 0.2) is 5.11 Å². The minimum atomic E-state index is -0.607. The van der Waals surface area contributed by atoms with E-state index in [1.54, 1.807) is 20.8 Å². The molecule has 0 aliphatic rings. The van der Waals surface area contributed by atoms with E-state index in [1.807, 2.05) is 0 Å². The summed E-state index contributed by atoms with van der Waals surface area (Å²) in [6.45, 7) is 5.09. The molecule has 0 aliphatic carbocycles. The highest BCUT2D eigenvalue weighted by Gasteiger charge is 2.16. The lowest BCUT2D eigenvalue weighted by atomic mass is 10.2. The van der Waals surface area contributed by atoms with Gasteiger partial charge >= 0.3 is 5.97 Å². The van der Waals surface area contributed by atoms with Gasteiger partial charge in [0.25, 0.3) is 5.91 Å². The number of amides is 1. The maximum atomic E-state index is 13.0. The van der Waals surface area contributed by atoms with E-state index in [2.05, 4.69) is 16.2 Å². The average molecular weight is 342 g/mol. The van der Waals surface area contributed by atoms with E-state index in [1.165, 1.54) is 12.1 Å². The second kappa shape index (κ2) is 7.73. The number of carbonyl (C=O) groups is 2. The number of ether oxygens (including phenoxy) is 1. The highest BCUT2D eigenvalue weighted by atomic mass is 32.1. The molecule has 5 N–H and O–H groups in total. The lowest BCUT2D eigenvalue weighted by Crippen LogP contribution is -2.48. The summed E-state index contributed by atoms with van der Waals surface area (Å²) in [5.74, 6) is -1.65. The summed E-state index contributed by atoms with van der Waals surface area (Å²) in [4.78, 5) is 23.3. The Balaban J connectivity index is 2.39. The Kier molecular flexibility index (Phi) is 6.26. The van der Waals surface area contributed by atoms with Crippen molar-refractivity contribution in [3.63, 3.8) is 0 Å². The molecular formula is C14H19FN4O3S. The average Bonchev–Trinajstić information content (AvgIpc) is 2.43. The molecule has 0 spiro atoms. The summed E-state index contributed by atoms with van der Waals surface area (Å²) < 4.78 is 18.1. The Labute approximate surface area is 138 Å². The van der Waals surface area contributed by atoms with Crippen LogP contribution in [0.2, 0.25) is 0 Å². The van der Waals surface area contributed by atoms with Crippen LogP contribution in [-0.4, -0.2) is 29.1 Å². The number of hydrazine groups is 1. The third-order valence-corrected chi connectivity index (χ3v) is 2.61. The van der Waals surface area contributed by atoms with Gasteiger partial charge in [-0.3, -0.25) is 20.4 Å². The number of anilines is 1. The third-order valence-electron chi connectivity index (χ3n) is 2.36. The fraction of sp³-hybridized carbons (Fsp3) is 0.357. The number of nitrogens with two attached hydrogens (primary N) is 1. The number of rotatable bonds is 3. The van der Waals surface area contributed by atoms with Crippen LogP contribution in [0, 0.1) is 5.82 Å². The quantitative estimate of drug-likeness (QED) is 0.279. The zero-order valence-electron chi connectivity index (χ0n) is 13.0. The fourth-order valence-electron chi connectivity index (χ4n) is 1.44. The summed E-state index contributed by atoms with van der Waals surface area (Å²) >= 11 is 4.90. The van der Waals surface area contributed by atoms with Crippen molar-refractivity contribution < 1.29 is 18.7 Å². The highest BCUT2D eigenvalue weighted by molar-refractivity contribution is 7.80. The summed E-state index contributed by atoms with van der Waals surface area (Å²) in [5, 5.41) is 2.61. The Morgan fingerprint density at radius 2 is 1.96 bits per heavy atom. The molecule has 9 heteroatoms. The molecule has 7 nitrogen and oxygen atoms in total. The number of nitrogen functional groups attached to an aromatic ring is 1. The summed E-state index contributed by atoms with van der Waals surface area (Å²) in [6, 6.07) is 3.56. The largest absolute Gasteiger partial charge is 0.459 e. The Bertz CT molecular complexity index is 617. The van der Waals surface area contributed by atoms with Crippen molar-refractivity contribution in [1.29, 1.82) is 0 Å². The number of hydrogen-bond acceptors (Lipinski definition) is 5. The van der Waals surface area contributed by atoms with E-state index in [0.29, 0.717) is 0 Å². The normalized spacial score (nSPS) is 10.6. The van der Waals surface area contributed by atoms with Crippen molar-refractivity contribution in [3.05, 3.63) is 29.6 Å². The predicted molar refractivity (Wildman–Crippen MR) is 87.9 cm³/mol. The molecule has 1 amide bonds. The first-order chi connectivity index (χ1) is 10.6. The molecule has 0 bridgehead atoms. The monoisotopic (exact) mass is 342 g/mol. The van der Waals surface area contributed by atoms with Crippen LogP contribution < -0.4 is 21.9 Å².